The van der Waals surface area contributed by atoms with E-state index < -0.39 is 10.0 Å². The van der Waals surface area contributed by atoms with Crippen LogP contribution in [0, 0.1) is 0 Å². The summed E-state index contributed by atoms with van der Waals surface area (Å²) >= 11 is 1.18. The number of nitrogens with one attached hydrogen (secondary N) is 1. The van der Waals surface area contributed by atoms with Crippen LogP contribution >= 0.6 is 11.8 Å². The minimum atomic E-state index is -3.52. The molecule has 25 heavy (non-hydrogen) atoms. The Balaban J connectivity index is 2.08. The first kappa shape index (κ1) is 19.7. The predicted octanol–water partition coefficient (Wildman–Crippen LogP) is 2.48. The fraction of sp³-hybridized carbons (Fsp3) is 0.500. The van der Waals surface area contributed by atoms with Crippen molar-refractivity contribution in [3.63, 3.8) is 0 Å². The van der Waals surface area contributed by atoms with Crippen LogP contribution in [0.3, 0.4) is 0 Å². The van der Waals surface area contributed by atoms with Crippen LogP contribution in [0.5, 0.6) is 0 Å². The maximum Gasteiger partial charge on any atom is 0.257 e. The molecule has 2 aromatic rings. The Morgan fingerprint density at radius 2 is 2.12 bits per heavy atom. The van der Waals surface area contributed by atoms with Gasteiger partial charge in [-0.25, -0.2) is 17.7 Å². The smallest absolute Gasteiger partial charge is 0.257 e. The molecule has 2 rings (SSSR count). The number of fused-ring (bicyclic) bond motifs is 1. The van der Waals surface area contributed by atoms with E-state index in [4.69, 9.17) is 4.42 Å². The van der Waals surface area contributed by atoms with Crippen molar-refractivity contribution in [2.24, 2.45) is 0 Å². The minimum Gasteiger partial charge on any atom is -0.431 e. The van der Waals surface area contributed by atoms with Crippen molar-refractivity contribution in [3.05, 3.63) is 18.2 Å². The van der Waals surface area contributed by atoms with E-state index in [9.17, 15) is 13.2 Å². The van der Waals surface area contributed by atoms with Gasteiger partial charge in [0.05, 0.1) is 10.6 Å². The SMILES string of the molecule is CCC[C@@H](C)NC(=O)CSc1nc2cc(S(=O)(=O)N(C)C)ccc2o1. The molecule has 138 valence electrons. The normalized spacial score (nSPS) is 13.3. The number of aromatic nitrogens is 1. The van der Waals surface area contributed by atoms with Gasteiger partial charge in [-0.15, -0.1) is 0 Å². The number of carbonyl (C=O) groups is 1. The molecule has 1 amide bonds. The number of thioether (sulfide) groups is 1. The van der Waals surface area contributed by atoms with Gasteiger partial charge in [-0.05, 0) is 31.5 Å². The quantitative estimate of drug-likeness (QED) is 0.702. The van der Waals surface area contributed by atoms with E-state index in [0.717, 1.165) is 17.1 Å². The zero-order valence-electron chi connectivity index (χ0n) is 14.8. The lowest BCUT2D eigenvalue weighted by molar-refractivity contribution is -0.119. The highest BCUT2D eigenvalue weighted by molar-refractivity contribution is 7.99. The standard InChI is InChI=1S/C16H23N3O4S2/c1-5-6-11(2)17-15(20)10-24-16-18-13-9-12(7-8-14(13)23-16)25(21,22)19(3)4/h7-9,11H,5-6,10H2,1-4H3,(H,17,20)/t11-/m1/s1. The van der Waals surface area contributed by atoms with Gasteiger partial charge in [-0.1, -0.05) is 25.1 Å². The van der Waals surface area contributed by atoms with Crippen molar-refractivity contribution < 1.29 is 17.6 Å². The summed E-state index contributed by atoms with van der Waals surface area (Å²) < 4.78 is 31.0. The van der Waals surface area contributed by atoms with Gasteiger partial charge in [0, 0.05) is 20.1 Å². The van der Waals surface area contributed by atoms with Crippen molar-refractivity contribution >= 4 is 38.8 Å². The summed E-state index contributed by atoms with van der Waals surface area (Å²) in [6.45, 7) is 4.04. The van der Waals surface area contributed by atoms with E-state index in [2.05, 4.69) is 17.2 Å². The molecule has 0 saturated carbocycles. The molecule has 0 aliphatic carbocycles. The largest absolute Gasteiger partial charge is 0.431 e. The first-order chi connectivity index (χ1) is 11.7. The zero-order valence-corrected chi connectivity index (χ0v) is 16.4. The Kier molecular flexibility index (Phi) is 6.47. The molecule has 1 aromatic heterocycles. The Morgan fingerprint density at radius 1 is 1.40 bits per heavy atom. The summed E-state index contributed by atoms with van der Waals surface area (Å²) in [4.78, 5) is 16.3. The molecule has 1 atom stereocenters. The summed E-state index contributed by atoms with van der Waals surface area (Å²) in [5.41, 5.74) is 0.935. The van der Waals surface area contributed by atoms with E-state index in [1.165, 1.54) is 38.0 Å². The van der Waals surface area contributed by atoms with Crippen LogP contribution in [0.4, 0.5) is 0 Å². The second kappa shape index (κ2) is 8.20. The van der Waals surface area contributed by atoms with Crippen LogP contribution < -0.4 is 5.32 Å². The van der Waals surface area contributed by atoms with E-state index in [1.54, 1.807) is 6.07 Å². The van der Waals surface area contributed by atoms with Gasteiger partial charge in [-0.3, -0.25) is 4.79 Å². The Labute approximate surface area is 152 Å². The number of hydrogen-bond donors (Lipinski definition) is 1. The number of oxazole rings is 1. The molecule has 9 heteroatoms. The molecule has 1 aromatic carbocycles. The van der Waals surface area contributed by atoms with Crippen LogP contribution in [0.2, 0.25) is 0 Å². The summed E-state index contributed by atoms with van der Waals surface area (Å²) in [6.07, 6.45) is 1.94. The van der Waals surface area contributed by atoms with Crippen LogP contribution in [-0.4, -0.2) is 49.5 Å². The molecule has 0 bridgehead atoms. The highest BCUT2D eigenvalue weighted by Crippen LogP contribution is 2.26. The number of nitrogens with zero attached hydrogens (tertiary/aromatic N) is 2. The van der Waals surface area contributed by atoms with Crippen LogP contribution in [0.25, 0.3) is 11.1 Å². The van der Waals surface area contributed by atoms with Gasteiger partial charge < -0.3 is 9.73 Å². The summed E-state index contributed by atoms with van der Waals surface area (Å²) in [5, 5.41) is 3.25. The molecule has 0 fully saturated rings. The van der Waals surface area contributed by atoms with E-state index in [0.29, 0.717) is 16.3 Å². The maximum atomic E-state index is 12.2. The molecular formula is C16H23N3O4S2. The fourth-order valence-electron chi connectivity index (χ4n) is 2.27. The number of benzene rings is 1. The van der Waals surface area contributed by atoms with E-state index in [-0.39, 0.29) is 22.6 Å². The average Bonchev–Trinajstić information content (AvgIpc) is 2.94. The van der Waals surface area contributed by atoms with E-state index >= 15 is 0 Å². The minimum absolute atomic E-state index is 0.0796. The van der Waals surface area contributed by atoms with Crippen molar-refractivity contribution in [1.82, 2.24) is 14.6 Å². The number of carbonyl (C=O) groups excluding carboxylic acids is 1. The van der Waals surface area contributed by atoms with E-state index in [1.807, 2.05) is 6.92 Å². The number of sulfonamides is 1. The molecular weight excluding hydrogens is 362 g/mol. The molecule has 1 N–H and O–H groups in total. The number of amides is 1. The monoisotopic (exact) mass is 385 g/mol. The molecule has 7 nitrogen and oxygen atoms in total. The third kappa shape index (κ3) is 4.96. The van der Waals surface area contributed by atoms with Crippen LogP contribution in [0.15, 0.2) is 32.7 Å². The third-order valence-electron chi connectivity index (χ3n) is 3.57. The molecule has 0 aliphatic heterocycles. The first-order valence-electron chi connectivity index (χ1n) is 7.99. The second-order valence-electron chi connectivity index (χ2n) is 5.94. The topological polar surface area (TPSA) is 92.5 Å². The highest BCUT2D eigenvalue weighted by atomic mass is 32.2. The molecule has 0 spiro atoms. The molecule has 1 heterocycles. The first-order valence-corrected chi connectivity index (χ1v) is 10.4. The van der Waals surface area contributed by atoms with Gasteiger partial charge in [0.25, 0.3) is 5.22 Å². The van der Waals surface area contributed by atoms with Crippen molar-refractivity contribution in [1.29, 1.82) is 0 Å². The van der Waals surface area contributed by atoms with Crippen LogP contribution in [0.1, 0.15) is 26.7 Å². The Bertz CT molecular complexity index is 846. The fourth-order valence-corrected chi connectivity index (χ4v) is 3.84. The van der Waals surface area contributed by atoms with Crippen molar-refractivity contribution in [2.45, 2.75) is 42.8 Å². The van der Waals surface area contributed by atoms with Gasteiger partial charge in [0.2, 0.25) is 15.9 Å². The van der Waals surface area contributed by atoms with Crippen LogP contribution in [-0.2, 0) is 14.8 Å². The average molecular weight is 386 g/mol. The lowest BCUT2D eigenvalue weighted by Crippen LogP contribution is -2.33. The molecule has 0 saturated heterocycles. The lowest BCUT2D eigenvalue weighted by atomic mass is 10.2. The third-order valence-corrected chi connectivity index (χ3v) is 6.21. The van der Waals surface area contributed by atoms with Gasteiger partial charge in [-0.2, -0.15) is 0 Å². The Morgan fingerprint density at radius 3 is 2.76 bits per heavy atom. The summed E-state index contributed by atoms with van der Waals surface area (Å²) in [5.74, 6) is 0.119. The highest BCUT2D eigenvalue weighted by Gasteiger charge is 2.19. The Hall–Kier alpha value is -1.58. The maximum absolute atomic E-state index is 12.2. The van der Waals surface area contributed by atoms with Crippen molar-refractivity contribution in [3.8, 4) is 0 Å². The number of rotatable bonds is 8. The predicted molar refractivity (Wildman–Crippen MR) is 98.1 cm³/mol. The number of hydrogen-bond acceptors (Lipinski definition) is 6. The zero-order chi connectivity index (χ0) is 18.6. The molecule has 0 unspecified atom stereocenters. The van der Waals surface area contributed by atoms with Gasteiger partial charge in [0.15, 0.2) is 5.58 Å². The van der Waals surface area contributed by atoms with Gasteiger partial charge >= 0.3 is 0 Å². The van der Waals surface area contributed by atoms with Gasteiger partial charge in [0.1, 0.15) is 5.52 Å². The lowest BCUT2D eigenvalue weighted by Gasteiger charge is -2.11. The molecule has 0 radical (unpaired) electrons. The van der Waals surface area contributed by atoms with Crippen molar-refractivity contribution in [2.75, 3.05) is 19.8 Å². The summed E-state index contributed by atoms with van der Waals surface area (Å²) in [7, 11) is -0.575. The second-order valence-corrected chi connectivity index (χ2v) is 9.02. The molecule has 0 aliphatic rings. The summed E-state index contributed by atoms with van der Waals surface area (Å²) in [6, 6.07) is 4.67.